The van der Waals surface area contributed by atoms with Crippen molar-refractivity contribution in [1.29, 1.82) is 0 Å². The molecule has 1 fully saturated rings. The van der Waals surface area contributed by atoms with Gasteiger partial charge in [0.25, 0.3) is 0 Å². The molecule has 2 atom stereocenters. The zero-order valence-electron chi connectivity index (χ0n) is 8.41. The highest BCUT2D eigenvalue weighted by Crippen LogP contribution is 2.17. The van der Waals surface area contributed by atoms with Gasteiger partial charge in [-0.2, -0.15) is 0 Å². The summed E-state index contributed by atoms with van der Waals surface area (Å²) in [6.45, 7) is 5.11. The maximum atomic E-state index is 11.1. The van der Waals surface area contributed by atoms with Gasteiger partial charge in [0.15, 0.2) is 9.84 Å². The van der Waals surface area contributed by atoms with Crippen molar-refractivity contribution in [2.75, 3.05) is 18.1 Å². The van der Waals surface area contributed by atoms with Crippen LogP contribution in [0.2, 0.25) is 0 Å². The van der Waals surface area contributed by atoms with Gasteiger partial charge in [-0.15, -0.1) is 0 Å². The SMILES string of the molecule is CCC(C)NCC1CCS(=O)(=O)C1. The van der Waals surface area contributed by atoms with Crippen molar-refractivity contribution in [3.05, 3.63) is 0 Å². The van der Waals surface area contributed by atoms with Crippen LogP contribution in [0.15, 0.2) is 0 Å². The first-order chi connectivity index (χ1) is 6.03. The van der Waals surface area contributed by atoms with Crippen molar-refractivity contribution in [3.63, 3.8) is 0 Å². The summed E-state index contributed by atoms with van der Waals surface area (Å²) in [6.07, 6.45) is 1.94. The quantitative estimate of drug-likeness (QED) is 0.739. The van der Waals surface area contributed by atoms with E-state index in [4.69, 9.17) is 0 Å². The minimum Gasteiger partial charge on any atom is -0.314 e. The molecule has 0 aromatic carbocycles. The lowest BCUT2D eigenvalue weighted by molar-refractivity contribution is 0.459. The van der Waals surface area contributed by atoms with E-state index in [2.05, 4.69) is 19.2 Å². The normalized spacial score (nSPS) is 28.9. The number of hydrogen-bond donors (Lipinski definition) is 1. The van der Waals surface area contributed by atoms with Crippen molar-refractivity contribution >= 4 is 9.84 Å². The van der Waals surface area contributed by atoms with Crippen molar-refractivity contribution in [1.82, 2.24) is 5.32 Å². The summed E-state index contributed by atoms with van der Waals surface area (Å²) in [5.74, 6) is 1.12. The number of sulfone groups is 1. The molecule has 0 aromatic rings. The second kappa shape index (κ2) is 4.42. The second-order valence-corrected chi connectivity index (χ2v) is 6.22. The van der Waals surface area contributed by atoms with Crippen LogP contribution in [-0.2, 0) is 9.84 Å². The molecule has 2 unspecified atom stereocenters. The van der Waals surface area contributed by atoms with Gasteiger partial charge in [0, 0.05) is 6.04 Å². The smallest absolute Gasteiger partial charge is 0.150 e. The van der Waals surface area contributed by atoms with Gasteiger partial charge in [0.1, 0.15) is 0 Å². The van der Waals surface area contributed by atoms with Gasteiger partial charge in [-0.3, -0.25) is 0 Å². The minimum atomic E-state index is -2.69. The van der Waals surface area contributed by atoms with Gasteiger partial charge in [-0.05, 0) is 32.2 Å². The summed E-state index contributed by atoms with van der Waals surface area (Å²) in [5.41, 5.74) is 0. The Hall–Kier alpha value is -0.0900. The van der Waals surface area contributed by atoms with Gasteiger partial charge in [0.2, 0.25) is 0 Å². The van der Waals surface area contributed by atoms with E-state index < -0.39 is 9.84 Å². The van der Waals surface area contributed by atoms with E-state index in [1.807, 2.05) is 0 Å². The summed E-state index contributed by atoms with van der Waals surface area (Å²) in [5, 5.41) is 3.35. The molecule has 1 aliphatic heterocycles. The summed E-state index contributed by atoms with van der Waals surface area (Å²) in [4.78, 5) is 0. The highest BCUT2D eigenvalue weighted by Gasteiger charge is 2.27. The molecule has 13 heavy (non-hydrogen) atoms. The van der Waals surface area contributed by atoms with Crippen molar-refractivity contribution in [2.24, 2.45) is 5.92 Å². The van der Waals surface area contributed by atoms with E-state index in [-0.39, 0.29) is 0 Å². The Bertz CT molecular complexity index is 248. The third kappa shape index (κ3) is 3.65. The molecule has 0 aromatic heterocycles. The standard InChI is InChI=1S/C9H19NO2S/c1-3-8(2)10-6-9-4-5-13(11,12)7-9/h8-10H,3-7H2,1-2H3. The Kier molecular flexibility index (Phi) is 3.74. The van der Waals surface area contributed by atoms with Crippen LogP contribution in [0.3, 0.4) is 0 Å². The highest BCUT2D eigenvalue weighted by atomic mass is 32.2. The molecular weight excluding hydrogens is 186 g/mol. The lowest BCUT2D eigenvalue weighted by atomic mass is 10.1. The summed E-state index contributed by atoms with van der Waals surface area (Å²) < 4.78 is 22.3. The molecule has 0 amide bonds. The van der Waals surface area contributed by atoms with Crippen LogP contribution in [0.5, 0.6) is 0 Å². The van der Waals surface area contributed by atoms with Gasteiger partial charge in [-0.25, -0.2) is 8.42 Å². The first-order valence-electron chi connectivity index (χ1n) is 4.97. The number of rotatable bonds is 4. The van der Waals surface area contributed by atoms with Gasteiger partial charge >= 0.3 is 0 Å². The topological polar surface area (TPSA) is 46.2 Å². The molecule has 1 heterocycles. The molecule has 4 heteroatoms. The molecular formula is C9H19NO2S. The average molecular weight is 205 g/mol. The lowest BCUT2D eigenvalue weighted by Crippen LogP contribution is -2.31. The van der Waals surface area contributed by atoms with E-state index in [1.165, 1.54) is 0 Å². The van der Waals surface area contributed by atoms with E-state index in [0.29, 0.717) is 23.5 Å². The Labute approximate surface area is 80.8 Å². The third-order valence-electron chi connectivity index (χ3n) is 2.69. The predicted octanol–water partition coefficient (Wildman–Crippen LogP) is 0.809. The van der Waals surface area contributed by atoms with Crippen LogP contribution < -0.4 is 5.32 Å². The van der Waals surface area contributed by atoms with Crippen LogP contribution in [0, 0.1) is 5.92 Å². The molecule has 1 rings (SSSR count). The third-order valence-corrected chi connectivity index (χ3v) is 4.53. The molecule has 0 spiro atoms. The van der Waals surface area contributed by atoms with Gasteiger partial charge < -0.3 is 5.32 Å². The van der Waals surface area contributed by atoms with Crippen molar-refractivity contribution in [3.8, 4) is 0 Å². The highest BCUT2D eigenvalue weighted by molar-refractivity contribution is 7.91. The molecule has 0 radical (unpaired) electrons. The second-order valence-electron chi connectivity index (χ2n) is 3.99. The maximum Gasteiger partial charge on any atom is 0.150 e. The van der Waals surface area contributed by atoms with E-state index >= 15 is 0 Å². The fourth-order valence-electron chi connectivity index (χ4n) is 1.55. The number of hydrogen-bond acceptors (Lipinski definition) is 3. The fraction of sp³-hybridized carbons (Fsp3) is 1.00. The van der Waals surface area contributed by atoms with E-state index in [0.717, 1.165) is 19.4 Å². The Morgan fingerprint density at radius 3 is 2.69 bits per heavy atom. The molecule has 0 aliphatic carbocycles. The number of nitrogens with one attached hydrogen (secondary N) is 1. The summed E-state index contributed by atoms with van der Waals surface area (Å²) in [6, 6.07) is 0.503. The monoisotopic (exact) mass is 205 g/mol. The van der Waals surface area contributed by atoms with Crippen LogP contribution in [0.1, 0.15) is 26.7 Å². The predicted molar refractivity (Wildman–Crippen MR) is 54.5 cm³/mol. The summed E-state index contributed by atoms with van der Waals surface area (Å²) >= 11 is 0. The average Bonchev–Trinajstić information content (AvgIpc) is 2.41. The zero-order chi connectivity index (χ0) is 9.90. The van der Waals surface area contributed by atoms with Crippen LogP contribution >= 0.6 is 0 Å². The van der Waals surface area contributed by atoms with E-state index in [9.17, 15) is 8.42 Å². The fourth-order valence-corrected chi connectivity index (χ4v) is 3.41. The van der Waals surface area contributed by atoms with Crippen LogP contribution in [0.25, 0.3) is 0 Å². The Morgan fingerprint density at radius 2 is 2.23 bits per heavy atom. The molecule has 1 saturated heterocycles. The molecule has 1 N–H and O–H groups in total. The van der Waals surface area contributed by atoms with E-state index in [1.54, 1.807) is 0 Å². The molecule has 0 saturated carbocycles. The first-order valence-corrected chi connectivity index (χ1v) is 6.79. The Balaban J connectivity index is 2.25. The largest absolute Gasteiger partial charge is 0.314 e. The first kappa shape index (κ1) is 11.0. The molecule has 78 valence electrons. The zero-order valence-corrected chi connectivity index (χ0v) is 9.23. The van der Waals surface area contributed by atoms with Crippen molar-refractivity contribution < 1.29 is 8.42 Å². The molecule has 0 bridgehead atoms. The molecule has 3 nitrogen and oxygen atoms in total. The summed E-state index contributed by atoms with van der Waals surface area (Å²) in [7, 11) is -2.69. The van der Waals surface area contributed by atoms with Crippen LogP contribution in [0.4, 0.5) is 0 Å². The Morgan fingerprint density at radius 1 is 1.54 bits per heavy atom. The van der Waals surface area contributed by atoms with Crippen LogP contribution in [-0.4, -0.2) is 32.5 Å². The van der Waals surface area contributed by atoms with Gasteiger partial charge in [0.05, 0.1) is 11.5 Å². The minimum absolute atomic E-state index is 0.346. The van der Waals surface area contributed by atoms with Gasteiger partial charge in [-0.1, -0.05) is 6.92 Å². The molecule has 1 aliphatic rings. The lowest BCUT2D eigenvalue weighted by Gasteiger charge is -2.14. The van der Waals surface area contributed by atoms with Crippen molar-refractivity contribution in [2.45, 2.75) is 32.7 Å². The maximum absolute atomic E-state index is 11.1.